The Kier molecular flexibility index (Phi) is 13.2. The van der Waals surface area contributed by atoms with Crippen molar-refractivity contribution >= 4 is 0 Å². The van der Waals surface area contributed by atoms with Crippen molar-refractivity contribution in [1.82, 2.24) is 0 Å². The molecule has 0 fully saturated rings. The van der Waals surface area contributed by atoms with Gasteiger partial charge in [0.25, 0.3) is 0 Å². The molecule has 0 saturated heterocycles. The van der Waals surface area contributed by atoms with Crippen molar-refractivity contribution in [2.24, 2.45) is 0 Å². The van der Waals surface area contributed by atoms with Crippen LogP contribution in [0.2, 0.25) is 0 Å². The van der Waals surface area contributed by atoms with Crippen molar-refractivity contribution in [2.75, 3.05) is 0 Å². The fourth-order valence-corrected chi connectivity index (χ4v) is 9.04. The van der Waals surface area contributed by atoms with Crippen LogP contribution in [0, 0.1) is 0 Å². The Morgan fingerprint density at radius 2 is 0.367 bits per heavy atom. The zero-order chi connectivity index (χ0) is 43.6. The number of aromatic hydroxyl groups is 10. The Hall–Kier alpha value is -5.90. The maximum absolute atomic E-state index is 11.7. The van der Waals surface area contributed by atoms with Gasteiger partial charge in [-0.25, -0.2) is 0 Å². The minimum absolute atomic E-state index is 0.0146. The van der Waals surface area contributed by atoms with E-state index in [1.165, 1.54) is 0 Å². The summed E-state index contributed by atoms with van der Waals surface area (Å²) in [6, 6.07) is 8.28. The van der Waals surface area contributed by atoms with E-state index in [4.69, 9.17) is 0 Å². The summed E-state index contributed by atoms with van der Waals surface area (Å²) in [5.41, 5.74) is 5.70. The fraction of sp³-hybridized carbons (Fsp3) is 0.400. The molecule has 60 heavy (non-hydrogen) atoms. The third-order valence-electron chi connectivity index (χ3n) is 12.0. The first kappa shape index (κ1) is 43.7. The van der Waals surface area contributed by atoms with E-state index in [1.54, 1.807) is 30.3 Å². The second-order valence-corrected chi connectivity index (χ2v) is 16.5. The number of phenolic OH excluding ortho intramolecular Hbond substituents is 10. The summed E-state index contributed by atoms with van der Waals surface area (Å²) >= 11 is 0. The molecule has 320 valence electrons. The first-order chi connectivity index (χ1) is 28.7. The van der Waals surface area contributed by atoms with E-state index < -0.39 is 0 Å². The highest BCUT2D eigenvalue weighted by Gasteiger charge is 2.27. The van der Waals surface area contributed by atoms with Crippen LogP contribution in [-0.2, 0) is 64.2 Å². The molecule has 0 unspecified atom stereocenters. The number of hydrogen-bond donors (Lipinski definition) is 10. The Morgan fingerprint density at radius 1 is 0.250 bits per heavy atom. The molecular formula is C50H60O10. The molecule has 0 saturated carbocycles. The second kappa shape index (κ2) is 18.2. The van der Waals surface area contributed by atoms with Gasteiger partial charge in [0.15, 0.2) is 0 Å². The van der Waals surface area contributed by atoms with Gasteiger partial charge in [-0.2, -0.15) is 0 Å². The summed E-state index contributed by atoms with van der Waals surface area (Å²) in [6.07, 6.45) is 4.78. The third kappa shape index (κ3) is 8.16. The van der Waals surface area contributed by atoms with Crippen LogP contribution in [0.25, 0.3) is 0 Å². The zero-order valence-corrected chi connectivity index (χ0v) is 35.5. The molecule has 6 rings (SSSR count). The summed E-state index contributed by atoms with van der Waals surface area (Å²) in [4.78, 5) is 0. The standard InChI is InChI=1S/C50H60O10/c1-6-11-36-41(51)26-16-27(42(36)52)22-29-18-31(46(56)38(13-8-3)44(29)54)24-33-20-35(50(60)40(15-10-5)48(33)58)25-34-19-32(47(57)39(14-9-4)49(34)59)23-30-17-28(21-26)43(53)37(12-7-2)45(30)55/h16-20,51-60H,6-15,21-25H2,1-5H3. The lowest BCUT2D eigenvalue weighted by Gasteiger charge is -2.22. The van der Waals surface area contributed by atoms with Gasteiger partial charge < -0.3 is 51.1 Å². The highest BCUT2D eigenvalue weighted by Crippen LogP contribution is 2.47. The van der Waals surface area contributed by atoms with Crippen molar-refractivity contribution in [3.63, 3.8) is 0 Å². The summed E-state index contributed by atoms with van der Waals surface area (Å²) in [6.45, 7) is 9.64. The number of fused-ring (bicyclic) bond motifs is 10. The van der Waals surface area contributed by atoms with E-state index in [0.717, 1.165) is 0 Å². The highest BCUT2D eigenvalue weighted by atomic mass is 16.3. The molecule has 0 amide bonds. The number of phenols is 10. The quantitative estimate of drug-likeness (QED) is 0.0634. The molecule has 0 spiro atoms. The van der Waals surface area contributed by atoms with Crippen molar-refractivity contribution < 1.29 is 51.1 Å². The summed E-state index contributed by atoms with van der Waals surface area (Å²) < 4.78 is 0. The van der Waals surface area contributed by atoms with Gasteiger partial charge in [0, 0.05) is 59.9 Å². The van der Waals surface area contributed by atoms with Crippen LogP contribution < -0.4 is 0 Å². The molecule has 5 aromatic rings. The SMILES string of the molecule is CCCc1c(O)c2cc(c1O)Cc1cc(c(O)c(CCC)c1O)Cc1cc(c(O)c(CCC)c1O)Cc1cc(c(O)c(CCC)c1O)Cc1cc(c(O)c(CCC)c1O)C2. The van der Waals surface area contributed by atoms with Crippen molar-refractivity contribution in [3.05, 3.63) is 114 Å². The summed E-state index contributed by atoms with van der Waals surface area (Å²) in [5.74, 6) is -1.25. The van der Waals surface area contributed by atoms with Crippen molar-refractivity contribution in [1.29, 1.82) is 0 Å². The van der Waals surface area contributed by atoms with Crippen molar-refractivity contribution in [2.45, 2.75) is 131 Å². The number of benzene rings is 5. The summed E-state index contributed by atoms with van der Waals surface area (Å²) in [7, 11) is 0. The summed E-state index contributed by atoms with van der Waals surface area (Å²) in [5, 5.41) is 117. The lowest BCUT2D eigenvalue weighted by Crippen LogP contribution is -2.05. The van der Waals surface area contributed by atoms with Gasteiger partial charge in [0.2, 0.25) is 0 Å². The zero-order valence-electron chi connectivity index (χ0n) is 35.5. The Labute approximate surface area is 352 Å². The minimum atomic E-state index is -0.125. The van der Waals surface area contributed by atoms with Crippen LogP contribution in [0.1, 0.15) is 150 Å². The van der Waals surface area contributed by atoms with E-state index in [2.05, 4.69) is 0 Å². The molecule has 5 aromatic carbocycles. The molecule has 10 nitrogen and oxygen atoms in total. The molecular weight excluding hydrogens is 761 g/mol. The Bertz CT molecular complexity index is 1910. The molecule has 0 heterocycles. The molecule has 1 aliphatic carbocycles. The first-order valence-electron chi connectivity index (χ1n) is 21.5. The van der Waals surface area contributed by atoms with E-state index in [0.29, 0.717) is 148 Å². The molecule has 0 aromatic heterocycles. The minimum Gasteiger partial charge on any atom is -0.507 e. The number of rotatable bonds is 10. The van der Waals surface area contributed by atoms with E-state index in [-0.39, 0.29) is 89.6 Å². The monoisotopic (exact) mass is 820 g/mol. The van der Waals surface area contributed by atoms with E-state index >= 15 is 0 Å². The molecule has 10 N–H and O–H groups in total. The fourth-order valence-electron chi connectivity index (χ4n) is 9.04. The Balaban J connectivity index is 1.72. The van der Waals surface area contributed by atoms with Gasteiger partial charge in [-0.05, 0) is 118 Å². The molecule has 10 bridgehead atoms. The van der Waals surface area contributed by atoms with Crippen LogP contribution in [0.4, 0.5) is 0 Å². The lowest BCUT2D eigenvalue weighted by atomic mass is 9.86. The topological polar surface area (TPSA) is 202 Å². The first-order valence-corrected chi connectivity index (χ1v) is 21.5. The predicted octanol–water partition coefficient (Wildman–Crippen LogP) is 9.77. The van der Waals surface area contributed by atoms with Gasteiger partial charge >= 0.3 is 0 Å². The largest absolute Gasteiger partial charge is 0.507 e. The van der Waals surface area contributed by atoms with Gasteiger partial charge in [-0.3, -0.25) is 0 Å². The van der Waals surface area contributed by atoms with Gasteiger partial charge in [-0.15, -0.1) is 0 Å². The average molecular weight is 821 g/mol. The normalized spacial score (nSPS) is 12.8. The molecule has 0 radical (unpaired) electrons. The number of hydrogen-bond acceptors (Lipinski definition) is 10. The molecule has 0 aliphatic heterocycles. The molecule has 10 heteroatoms. The van der Waals surface area contributed by atoms with Crippen LogP contribution >= 0.6 is 0 Å². The van der Waals surface area contributed by atoms with Gasteiger partial charge in [0.1, 0.15) is 57.5 Å². The van der Waals surface area contributed by atoms with E-state index in [1.807, 2.05) is 34.6 Å². The molecule has 0 atom stereocenters. The predicted molar refractivity (Wildman–Crippen MR) is 233 cm³/mol. The van der Waals surface area contributed by atoms with Crippen molar-refractivity contribution in [3.8, 4) is 57.5 Å². The maximum Gasteiger partial charge on any atom is 0.126 e. The van der Waals surface area contributed by atoms with Crippen LogP contribution in [-0.4, -0.2) is 51.1 Å². The highest BCUT2D eigenvalue weighted by molar-refractivity contribution is 5.64. The average Bonchev–Trinajstić information content (AvgIpc) is 3.22. The van der Waals surface area contributed by atoms with Gasteiger partial charge in [-0.1, -0.05) is 66.7 Å². The smallest absolute Gasteiger partial charge is 0.126 e. The maximum atomic E-state index is 11.7. The van der Waals surface area contributed by atoms with Crippen LogP contribution in [0.15, 0.2) is 30.3 Å². The lowest BCUT2D eigenvalue weighted by molar-refractivity contribution is 0.424. The molecule has 1 aliphatic rings. The second-order valence-electron chi connectivity index (χ2n) is 16.5. The van der Waals surface area contributed by atoms with Gasteiger partial charge in [0.05, 0.1) is 0 Å². The third-order valence-corrected chi connectivity index (χ3v) is 12.0. The van der Waals surface area contributed by atoms with Crippen LogP contribution in [0.3, 0.4) is 0 Å². The van der Waals surface area contributed by atoms with E-state index in [9.17, 15) is 51.1 Å². The van der Waals surface area contributed by atoms with Crippen LogP contribution in [0.5, 0.6) is 57.5 Å². The Morgan fingerprint density at radius 3 is 0.467 bits per heavy atom.